The molecule has 5 heteroatoms. The van der Waals surface area contributed by atoms with Gasteiger partial charge in [-0.1, -0.05) is 24.3 Å². The molecule has 0 radical (unpaired) electrons. The molecule has 0 N–H and O–H groups in total. The number of carbonyl (C=O) groups is 1. The molecule has 2 heterocycles. The summed E-state index contributed by atoms with van der Waals surface area (Å²) in [6, 6.07) is 11.4. The van der Waals surface area contributed by atoms with Crippen molar-refractivity contribution in [3.05, 3.63) is 83.6 Å². The molecule has 0 aliphatic carbocycles. The summed E-state index contributed by atoms with van der Waals surface area (Å²) in [5, 5.41) is 0.641. The van der Waals surface area contributed by atoms with E-state index in [0.29, 0.717) is 23.4 Å². The number of piperidine rings is 1. The van der Waals surface area contributed by atoms with Gasteiger partial charge in [0.1, 0.15) is 11.6 Å². The van der Waals surface area contributed by atoms with Crippen LogP contribution in [0.25, 0.3) is 10.9 Å². The molecule has 1 aliphatic rings. The van der Waals surface area contributed by atoms with E-state index in [1.165, 1.54) is 18.2 Å². The molecule has 1 saturated heterocycles. The first-order valence-electron chi connectivity index (χ1n) is 9.94. The van der Waals surface area contributed by atoms with Crippen LogP contribution in [0.1, 0.15) is 28.8 Å². The molecule has 0 amide bonds. The van der Waals surface area contributed by atoms with Crippen molar-refractivity contribution in [1.29, 1.82) is 0 Å². The number of hydrogen-bond donors (Lipinski definition) is 0. The third-order valence-corrected chi connectivity index (χ3v) is 5.72. The molecular formula is C24H24F2N2O. The third-order valence-electron chi connectivity index (χ3n) is 5.72. The fraction of sp³-hybridized carbons (Fsp3) is 0.292. The van der Waals surface area contributed by atoms with Gasteiger partial charge in [0, 0.05) is 41.8 Å². The van der Waals surface area contributed by atoms with Crippen LogP contribution in [0.2, 0.25) is 0 Å². The number of nitrogens with zero attached hydrogens (tertiary/aromatic N) is 2. The standard InChI is InChI=1S/C24H24F2N2O/c1-27-16-21(20-14-19(25)7-8-23(20)27)24(29)9-6-17-10-12-28(13-11-17)15-18-4-2-3-5-22(18)26/h2-9,14,16-17H,10-13,15H2,1H3/b9-6+. The van der Waals surface area contributed by atoms with Gasteiger partial charge in [0.25, 0.3) is 0 Å². The largest absolute Gasteiger partial charge is 0.350 e. The Labute approximate surface area is 169 Å². The van der Waals surface area contributed by atoms with E-state index in [9.17, 15) is 13.6 Å². The third kappa shape index (κ3) is 4.30. The zero-order valence-corrected chi connectivity index (χ0v) is 16.4. The number of ketones is 1. The Morgan fingerprint density at radius 3 is 2.66 bits per heavy atom. The van der Waals surface area contributed by atoms with Crippen molar-refractivity contribution in [3.63, 3.8) is 0 Å². The number of likely N-dealkylation sites (tertiary alicyclic amines) is 1. The minimum atomic E-state index is -0.344. The zero-order valence-electron chi connectivity index (χ0n) is 16.4. The van der Waals surface area contributed by atoms with Gasteiger partial charge in [0.15, 0.2) is 5.78 Å². The fourth-order valence-electron chi connectivity index (χ4n) is 4.04. The van der Waals surface area contributed by atoms with Crippen LogP contribution in [0.15, 0.2) is 60.8 Å². The maximum atomic E-state index is 13.8. The molecule has 0 unspecified atom stereocenters. The van der Waals surface area contributed by atoms with Crippen molar-refractivity contribution in [3.8, 4) is 0 Å². The first kappa shape index (κ1) is 19.5. The SMILES string of the molecule is Cn1cc(C(=O)/C=C/C2CCN(Cc3ccccc3F)CC2)c2cc(F)ccc21. The monoisotopic (exact) mass is 394 g/mol. The Hall–Kier alpha value is -2.79. The molecular weight excluding hydrogens is 370 g/mol. The highest BCUT2D eigenvalue weighted by Gasteiger charge is 2.19. The Balaban J connectivity index is 1.38. The fourth-order valence-corrected chi connectivity index (χ4v) is 4.04. The van der Waals surface area contributed by atoms with Crippen LogP contribution < -0.4 is 0 Å². The Morgan fingerprint density at radius 1 is 1.14 bits per heavy atom. The van der Waals surface area contributed by atoms with Gasteiger partial charge in [-0.05, 0) is 62.2 Å². The average molecular weight is 394 g/mol. The molecule has 3 nitrogen and oxygen atoms in total. The summed E-state index contributed by atoms with van der Waals surface area (Å²) < 4.78 is 29.3. The van der Waals surface area contributed by atoms with Crippen LogP contribution in [0.4, 0.5) is 8.78 Å². The van der Waals surface area contributed by atoms with Gasteiger partial charge in [-0.3, -0.25) is 9.69 Å². The summed E-state index contributed by atoms with van der Waals surface area (Å²) in [6.45, 7) is 2.36. The number of hydrogen-bond acceptors (Lipinski definition) is 2. The number of aromatic nitrogens is 1. The van der Waals surface area contributed by atoms with Crippen LogP contribution in [0, 0.1) is 17.6 Å². The van der Waals surface area contributed by atoms with Crippen molar-refractivity contribution >= 4 is 16.7 Å². The van der Waals surface area contributed by atoms with Crippen LogP contribution >= 0.6 is 0 Å². The number of benzene rings is 2. The Bertz CT molecular complexity index is 1060. The summed E-state index contributed by atoms with van der Waals surface area (Å²) in [7, 11) is 1.85. The lowest BCUT2D eigenvalue weighted by molar-refractivity contribution is 0.104. The van der Waals surface area contributed by atoms with Crippen LogP contribution in [0.5, 0.6) is 0 Å². The summed E-state index contributed by atoms with van der Waals surface area (Å²) in [5.41, 5.74) is 2.08. The number of allylic oxidation sites excluding steroid dienone is 2. The van der Waals surface area contributed by atoms with Crippen LogP contribution in [0.3, 0.4) is 0 Å². The van der Waals surface area contributed by atoms with E-state index in [4.69, 9.17) is 0 Å². The normalized spacial score (nSPS) is 16.1. The summed E-state index contributed by atoms with van der Waals surface area (Å²) in [6.07, 6.45) is 7.22. The molecule has 4 rings (SSSR count). The van der Waals surface area contributed by atoms with E-state index in [1.54, 1.807) is 24.4 Å². The van der Waals surface area contributed by atoms with Gasteiger partial charge in [-0.25, -0.2) is 8.78 Å². The smallest absolute Gasteiger partial charge is 0.187 e. The second-order valence-corrected chi connectivity index (χ2v) is 7.74. The van der Waals surface area contributed by atoms with Gasteiger partial charge in [-0.2, -0.15) is 0 Å². The molecule has 0 atom stereocenters. The van der Waals surface area contributed by atoms with E-state index in [1.807, 2.05) is 29.8 Å². The van der Waals surface area contributed by atoms with Gasteiger partial charge in [0.05, 0.1) is 0 Å². The number of halogens is 2. The molecule has 1 aromatic heterocycles. The Morgan fingerprint density at radius 2 is 1.90 bits per heavy atom. The van der Waals surface area contributed by atoms with E-state index in [0.717, 1.165) is 37.0 Å². The molecule has 1 fully saturated rings. The van der Waals surface area contributed by atoms with E-state index >= 15 is 0 Å². The highest BCUT2D eigenvalue weighted by Crippen LogP contribution is 2.24. The van der Waals surface area contributed by atoms with Gasteiger partial charge in [-0.15, -0.1) is 0 Å². The second-order valence-electron chi connectivity index (χ2n) is 7.74. The van der Waals surface area contributed by atoms with Crippen molar-refractivity contribution in [2.75, 3.05) is 13.1 Å². The lowest BCUT2D eigenvalue weighted by Gasteiger charge is -2.30. The molecule has 150 valence electrons. The maximum absolute atomic E-state index is 13.8. The van der Waals surface area contributed by atoms with E-state index in [-0.39, 0.29) is 17.4 Å². The number of aryl methyl sites for hydroxylation is 1. The lowest BCUT2D eigenvalue weighted by Crippen LogP contribution is -2.33. The molecule has 3 aromatic rings. The summed E-state index contributed by atoms with van der Waals surface area (Å²) in [5.74, 6) is -0.284. The highest BCUT2D eigenvalue weighted by atomic mass is 19.1. The minimum absolute atomic E-state index is 0.102. The summed E-state index contributed by atoms with van der Waals surface area (Å²) >= 11 is 0. The van der Waals surface area contributed by atoms with Gasteiger partial charge >= 0.3 is 0 Å². The molecule has 29 heavy (non-hydrogen) atoms. The van der Waals surface area contributed by atoms with Gasteiger partial charge in [0.2, 0.25) is 0 Å². The quantitative estimate of drug-likeness (QED) is 0.444. The predicted molar refractivity (Wildman–Crippen MR) is 111 cm³/mol. The van der Waals surface area contributed by atoms with Crippen molar-refractivity contribution in [1.82, 2.24) is 9.47 Å². The Kier molecular flexibility index (Phi) is 5.58. The lowest BCUT2D eigenvalue weighted by atomic mass is 9.95. The second kappa shape index (κ2) is 8.29. The zero-order chi connectivity index (χ0) is 20.4. The van der Waals surface area contributed by atoms with Crippen molar-refractivity contribution in [2.24, 2.45) is 13.0 Å². The van der Waals surface area contributed by atoms with Crippen molar-refractivity contribution < 1.29 is 13.6 Å². The average Bonchev–Trinajstić information content (AvgIpc) is 3.05. The topological polar surface area (TPSA) is 25.2 Å². The van der Waals surface area contributed by atoms with E-state index in [2.05, 4.69) is 4.90 Å². The number of carbonyl (C=O) groups excluding carboxylic acids is 1. The van der Waals surface area contributed by atoms with Crippen molar-refractivity contribution in [2.45, 2.75) is 19.4 Å². The number of fused-ring (bicyclic) bond motifs is 1. The maximum Gasteiger partial charge on any atom is 0.187 e. The predicted octanol–water partition coefficient (Wildman–Crippen LogP) is 5.11. The molecule has 2 aromatic carbocycles. The van der Waals surface area contributed by atoms with Crippen LogP contribution in [-0.4, -0.2) is 28.3 Å². The molecule has 0 bridgehead atoms. The number of rotatable bonds is 5. The van der Waals surface area contributed by atoms with E-state index < -0.39 is 0 Å². The highest BCUT2D eigenvalue weighted by molar-refractivity contribution is 6.13. The summed E-state index contributed by atoms with van der Waals surface area (Å²) in [4.78, 5) is 14.9. The van der Waals surface area contributed by atoms with Gasteiger partial charge < -0.3 is 4.57 Å². The molecule has 1 aliphatic heterocycles. The molecule has 0 saturated carbocycles. The first-order chi connectivity index (χ1) is 14.0. The first-order valence-corrected chi connectivity index (χ1v) is 9.94. The molecule has 0 spiro atoms. The minimum Gasteiger partial charge on any atom is -0.350 e. The van der Waals surface area contributed by atoms with Crippen LogP contribution in [-0.2, 0) is 13.6 Å².